The molecule has 0 aliphatic carbocycles. The minimum Gasteiger partial charge on any atom is -0.491 e. The van der Waals surface area contributed by atoms with Gasteiger partial charge in [0.25, 0.3) is 0 Å². The lowest BCUT2D eigenvalue weighted by molar-refractivity contribution is 0.0468. The number of fused-ring (bicyclic) bond motifs is 2. The number of nitrogens with zero attached hydrogens (tertiary/aromatic N) is 1. The minimum absolute atomic E-state index is 0.279. The van der Waals surface area contributed by atoms with E-state index >= 15 is 0 Å². The molecule has 2 unspecified atom stereocenters. The highest BCUT2D eigenvalue weighted by Gasteiger charge is 2.34. The van der Waals surface area contributed by atoms with Crippen molar-refractivity contribution in [3.05, 3.63) is 70.3 Å². The van der Waals surface area contributed by atoms with Crippen molar-refractivity contribution in [1.82, 2.24) is 10.2 Å². The molecule has 36 heavy (non-hydrogen) atoms. The maximum Gasteiger partial charge on any atom is 0.126 e. The molecule has 0 aromatic heterocycles. The predicted octanol–water partition coefficient (Wildman–Crippen LogP) is 5.39. The smallest absolute Gasteiger partial charge is 0.126 e. The van der Waals surface area contributed by atoms with Crippen LogP contribution in [0.25, 0.3) is 5.57 Å². The van der Waals surface area contributed by atoms with Gasteiger partial charge in [-0.25, -0.2) is 0 Å². The molecule has 2 aromatic carbocycles. The highest BCUT2D eigenvalue weighted by atomic mass is 35.5. The largest absolute Gasteiger partial charge is 0.491 e. The van der Waals surface area contributed by atoms with Crippen LogP contribution in [0.1, 0.15) is 56.2 Å². The highest BCUT2D eigenvalue weighted by Crippen LogP contribution is 2.41. The lowest BCUT2D eigenvalue weighted by atomic mass is 9.80. The first-order chi connectivity index (χ1) is 17.4. The fourth-order valence-corrected chi connectivity index (χ4v) is 5.86. The Kier molecular flexibility index (Phi) is 8.04. The molecule has 194 valence electrons. The van der Waals surface area contributed by atoms with Crippen molar-refractivity contribution >= 4 is 17.2 Å². The minimum atomic E-state index is -0.882. The van der Waals surface area contributed by atoms with Gasteiger partial charge in [0.2, 0.25) is 0 Å². The Bertz CT molecular complexity index is 1060. The Balaban J connectivity index is 1.25. The van der Waals surface area contributed by atoms with Crippen LogP contribution in [-0.2, 0) is 16.9 Å². The van der Waals surface area contributed by atoms with Crippen LogP contribution in [0.15, 0.2) is 48.5 Å². The SMILES string of the molecule is CC(C)(O)c1ccc2c(c1)/C(=C/CCN1CC[C@@H](OCc3ccc(Cl)cc3)C1)C1CCCNC1CO2. The first-order valence-electron chi connectivity index (χ1n) is 13.4. The third kappa shape index (κ3) is 6.15. The van der Waals surface area contributed by atoms with E-state index in [1.807, 2.05) is 50.2 Å². The molecule has 2 aromatic rings. The second-order valence-electron chi connectivity index (χ2n) is 11.0. The number of benzene rings is 2. The van der Waals surface area contributed by atoms with E-state index in [1.54, 1.807) is 0 Å². The molecule has 0 saturated carbocycles. The quantitative estimate of drug-likeness (QED) is 0.523. The lowest BCUT2D eigenvalue weighted by Crippen LogP contribution is -2.44. The molecule has 0 radical (unpaired) electrons. The van der Waals surface area contributed by atoms with Gasteiger partial charge in [0.1, 0.15) is 12.4 Å². The molecule has 0 bridgehead atoms. The second-order valence-corrected chi connectivity index (χ2v) is 11.4. The summed E-state index contributed by atoms with van der Waals surface area (Å²) in [6.07, 6.45) is 7.13. The zero-order chi connectivity index (χ0) is 25.1. The standard InChI is InChI=1S/C30H39ClN2O3/c1-30(2,34)22-9-12-29-27(17-22)25(26-5-3-14-32-28(26)20-36-29)6-4-15-33-16-13-24(18-33)35-19-21-7-10-23(31)11-8-21/h6-12,17,24,26,28,32,34H,3-5,13-16,18-20H2,1-2H3/b25-6+/t24-,26?,28?/m1/s1. The molecule has 3 atom stereocenters. The van der Waals surface area contributed by atoms with Crippen molar-refractivity contribution in [3.8, 4) is 5.75 Å². The average Bonchev–Trinajstić information content (AvgIpc) is 3.26. The van der Waals surface area contributed by atoms with Crippen molar-refractivity contribution in [1.29, 1.82) is 0 Å². The molecular formula is C30H39ClN2O3. The molecule has 5 rings (SSSR count). The van der Waals surface area contributed by atoms with E-state index in [1.165, 1.54) is 18.4 Å². The first kappa shape index (κ1) is 25.7. The topological polar surface area (TPSA) is 54.0 Å². The van der Waals surface area contributed by atoms with Crippen LogP contribution in [0, 0.1) is 5.92 Å². The normalized spacial score (nSPS) is 25.8. The molecule has 6 heteroatoms. The summed E-state index contributed by atoms with van der Waals surface area (Å²) in [4.78, 5) is 2.52. The summed E-state index contributed by atoms with van der Waals surface area (Å²) in [5, 5.41) is 15.1. The van der Waals surface area contributed by atoms with E-state index in [2.05, 4.69) is 22.4 Å². The molecule has 5 nitrogen and oxygen atoms in total. The van der Waals surface area contributed by atoms with Gasteiger partial charge in [0, 0.05) is 42.2 Å². The third-order valence-electron chi connectivity index (χ3n) is 7.84. The number of likely N-dealkylation sites (tertiary alicyclic amines) is 1. The summed E-state index contributed by atoms with van der Waals surface area (Å²) in [6, 6.07) is 14.4. The number of hydrogen-bond acceptors (Lipinski definition) is 5. The van der Waals surface area contributed by atoms with Crippen molar-refractivity contribution in [2.75, 3.05) is 32.8 Å². The lowest BCUT2D eigenvalue weighted by Gasteiger charge is -2.32. The van der Waals surface area contributed by atoms with E-state index in [9.17, 15) is 5.11 Å². The number of ether oxygens (including phenoxy) is 2. The Hall–Kier alpha value is -1.89. The molecule has 2 N–H and O–H groups in total. The van der Waals surface area contributed by atoms with E-state index < -0.39 is 5.60 Å². The summed E-state index contributed by atoms with van der Waals surface area (Å²) >= 11 is 5.99. The van der Waals surface area contributed by atoms with Crippen molar-refractivity contribution in [2.45, 2.75) is 63.9 Å². The number of halogens is 1. The van der Waals surface area contributed by atoms with Crippen LogP contribution in [0.5, 0.6) is 5.75 Å². The number of aliphatic hydroxyl groups is 1. The van der Waals surface area contributed by atoms with Gasteiger partial charge in [-0.05, 0) is 87.0 Å². The van der Waals surface area contributed by atoms with Crippen LogP contribution < -0.4 is 10.1 Å². The van der Waals surface area contributed by atoms with Crippen molar-refractivity contribution < 1.29 is 14.6 Å². The fourth-order valence-electron chi connectivity index (χ4n) is 5.74. The molecule has 2 saturated heterocycles. The number of piperidine rings is 1. The highest BCUT2D eigenvalue weighted by molar-refractivity contribution is 6.30. The van der Waals surface area contributed by atoms with Crippen LogP contribution in [0.4, 0.5) is 0 Å². The van der Waals surface area contributed by atoms with Crippen LogP contribution in [0.3, 0.4) is 0 Å². The summed E-state index contributed by atoms with van der Waals surface area (Å²) < 4.78 is 12.4. The van der Waals surface area contributed by atoms with Gasteiger partial charge in [0.05, 0.1) is 18.3 Å². The summed E-state index contributed by atoms with van der Waals surface area (Å²) in [5.74, 6) is 1.37. The van der Waals surface area contributed by atoms with Crippen LogP contribution >= 0.6 is 11.6 Å². The zero-order valence-corrected chi connectivity index (χ0v) is 22.3. The Morgan fingerprint density at radius 2 is 2.03 bits per heavy atom. The van der Waals surface area contributed by atoms with Crippen molar-refractivity contribution in [3.63, 3.8) is 0 Å². The van der Waals surface area contributed by atoms with Crippen LogP contribution in [0.2, 0.25) is 5.02 Å². The molecule has 0 amide bonds. The predicted molar refractivity (Wildman–Crippen MR) is 145 cm³/mol. The molecule has 3 aliphatic heterocycles. The molecular weight excluding hydrogens is 472 g/mol. The van der Waals surface area contributed by atoms with Gasteiger partial charge in [-0.1, -0.05) is 35.9 Å². The summed E-state index contributed by atoms with van der Waals surface area (Å²) in [7, 11) is 0. The average molecular weight is 511 g/mol. The van der Waals surface area contributed by atoms with Gasteiger partial charge < -0.3 is 24.8 Å². The van der Waals surface area contributed by atoms with Gasteiger partial charge >= 0.3 is 0 Å². The Morgan fingerprint density at radius 1 is 1.19 bits per heavy atom. The van der Waals surface area contributed by atoms with Crippen LogP contribution in [-0.4, -0.2) is 54.9 Å². The zero-order valence-electron chi connectivity index (χ0n) is 21.5. The van der Waals surface area contributed by atoms with E-state index in [4.69, 9.17) is 21.1 Å². The number of hydrogen-bond donors (Lipinski definition) is 2. The van der Waals surface area contributed by atoms with Crippen molar-refractivity contribution in [2.24, 2.45) is 5.92 Å². The third-order valence-corrected chi connectivity index (χ3v) is 8.09. The maximum absolute atomic E-state index is 10.7. The maximum atomic E-state index is 10.7. The number of nitrogens with one attached hydrogen (secondary N) is 1. The fraction of sp³-hybridized carbons (Fsp3) is 0.533. The van der Waals surface area contributed by atoms with Gasteiger partial charge in [0.15, 0.2) is 0 Å². The molecule has 0 spiro atoms. The summed E-state index contributed by atoms with van der Waals surface area (Å²) in [5.41, 5.74) is 3.74. The summed E-state index contributed by atoms with van der Waals surface area (Å²) in [6.45, 7) is 9.15. The van der Waals surface area contributed by atoms with E-state index in [-0.39, 0.29) is 6.10 Å². The molecule has 3 aliphatic rings. The van der Waals surface area contributed by atoms with E-state index in [0.29, 0.717) is 25.2 Å². The van der Waals surface area contributed by atoms with Gasteiger partial charge in [-0.3, -0.25) is 0 Å². The van der Waals surface area contributed by atoms with Gasteiger partial charge in [-0.2, -0.15) is 0 Å². The monoisotopic (exact) mass is 510 g/mol. The van der Waals surface area contributed by atoms with E-state index in [0.717, 1.165) is 66.5 Å². The molecule has 2 fully saturated rings. The number of rotatable bonds is 7. The Labute approximate surface area is 220 Å². The first-order valence-corrected chi connectivity index (χ1v) is 13.8. The Morgan fingerprint density at radius 3 is 2.83 bits per heavy atom. The van der Waals surface area contributed by atoms with Gasteiger partial charge in [-0.15, -0.1) is 0 Å². The second kappa shape index (κ2) is 11.2. The molecule has 3 heterocycles.